The Morgan fingerprint density at radius 3 is 2.89 bits per heavy atom. The monoisotopic (exact) mass is 284 g/mol. The van der Waals surface area contributed by atoms with Crippen LogP contribution in [0.5, 0.6) is 5.75 Å². The average Bonchev–Trinajstić information content (AvgIpc) is 2.89. The molecule has 1 aliphatic heterocycles. The standard InChI is InChI=1S/C14H20O4S/c15-14(16)13-9-12(10-19-13)18-6-2-1-3-11-4-7-17-8-5-11/h9-11H,1-8H2,(H,15,16). The summed E-state index contributed by atoms with van der Waals surface area (Å²) < 4.78 is 10.9. The van der Waals surface area contributed by atoms with Gasteiger partial charge in [0.05, 0.1) is 6.61 Å². The van der Waals surface area contributed by atoms with Crippen molar-refractivity contribution < 1.29 is 19.4 Å². The van der Waals surface area contributed by atoms with Crippen LogP contribution in [-0.4, -0.2) is 30.9 Å². The van der Waals surface area contributed by atoms with E-state index in [2.05, 4.69) is 0 Å². The van der Waals surface area contributed by atoms with E-state index in [1.807, 2.05) is 0 Å². The van der Waals surface area contributed by atoms with Gasteiger partial charge in [-0.05, 0) is 31.6 Å². The second-order valence-electron chi connectivity index (χ2n) is 4.85. The van der Waals surface area contributed by atoms with E-state index in [0.717, 1.165) is 25.6 Å². The van der Waals surface area contributed by atoms with Crippen molar-refractivity contribution in [1.29, 1.82) is 0 Å². The minimum Gasteiger partial charge on any atom is -0.493 e. The number of carbonyl (C=O) groups is 1. The molecule has 2 heterocycles. The number of unbranched alkanes of at least 4 members (excludes halogenated alkanes) is 1. The quantitative estimate of drug-likeness (QED) is 0.779. The Kier molecular flexibility index (Phi) is 5.66. The highest BCUT2D eigenvalue weighted by Crippen LogP contribution is 2.23. The van der Waals surface area contributed by atoms with Crippen LogP contribution in [0.15, 0.2) is 11.4 Å². The van der Waals surface area contributed by atoms with E-state index in [-0.39, 0.29) is 0 Å². The molecule has 0 atom stereocenters. The molecule has 106 valence electrons. The van der Waals surface area contributed by atoms with Crippen LogP contribution >= 0.6 is 11.3 Å². The van der Waals surface area contributed by atoms with Crippen molar-refractivity contribution in [3.63, 3.8) is 0 Å². The first kappa shape index (κ1) is 14.3. The maximum atomic E-state index is 10.7. The van der Waals surface area contributed by atoms with Crippen LogP contribution < -0.4 is 4.74 Å². The van der Waals surface area contributed by atoms with Crippen molar-refractivity contribution >= 4 is 17.3 Å². The molecule has 0 amide bonds. The summed E-state index contributed by atoms with van der Waals surface area (Å²) in [5.41, 5.74) is 0. The smallest absolute Gasteiger partial charge is 0.346 e. The minimum atomic E-state index is -0.889. The lowest BCUT2D eigenvalue weighted by Crippen LogP contribution is -2.15. The number of carboxylic acids is 1. The third-order valence-electron chi connectivity index (χ3n) is 3.40. The van der Waals surface area contributed by atoms with Crippen LogP contribution in [0.25, 0.3) is 0 Å². The van der Waals surface area contributed by atoms with E-state index in [4.69, 9.17) is 14.6 Å². The zero-order valence-corrected chi connectivity index (χ0v) is 11.8. The second kappa shape index (κ2) is 7.50. The third-order valence-corrected chi connectivity index (χ3v) is 4.30. The highest BCUT2D eigenvalue weighted by atomic mass is 32.1. The summed E-state index contributed by atoms with van der Waals surface area (Å²) in [5, 5.41) is 10.5. The molecule has 1 saturated heterocycles. The van der Waals surface area contributed by atoms with Crippen LogP contribution in [0.1, 0.15) is 41.8 Å². The average molecular weight is 284 g/mol. The van der Waals surface area contributed by atoms with Crippen molar-refractivity contribution in [2.24, 2.45) is 5.92 Å². The van der Waals surface area contributed by atoms with E-state index in [0.29, 0.717) is 17.2 Å². The molecule has 1 aromatic heterocycles. The summed E-state index contributed by atoms with van der Waals surface area (Å²) in [6.45, 7) is 2.49. The van der Waals surface area contributed by atoms with Gasteiger partial charge in [-0.1, -0.05) is 6.42 Å². The molecule has 4 nitrogen and oxygen atoms in total. The van der Waals surface area contributed by atoms with Gasteiger partial charge in [-0.25, -0.2) is 4.79 Å². The summed E-state index contributed by atoms with van der Waals surface area (Å²) in [7, 11) is 0. The van der Waals surface area contributed by atoms with E-state index < -0.39 is 5.97 Å². The fourth-order valence-corrected chi connectivity index (χ4v) is 2.93. The number of hydrogen-bond donors (Lipinski definition) is 1. The Labute approximate surface area is 117 Å². The van der Waals surface area contributed by atoms with Gasteiger partial charge in [-0.15, -0.1) is 11.3 Å². The molecular weight excluding hydrogens is 264 g/mol. The first-order valence-electron chi connectivity index (χ1n) is 6.78. The molecule has 0 aliphatic carbocycles. The maximum absolute atomic E-state index is 10.7. The number of hydrogen-bond acceptors (Lipinski definition) is 4. The molecule has 5 heteroatoms. The van der Waals surface area contributed by atoms with Crippen molar-refractivity contribution in [2.75, 3.05) is 19.8 Å². The molecule has 0 radical (unpaired) electrons. The van der Waals surface area contributed by atoms with E-state index in [9.17, 15) is 4.79 Å². The Hall–Kier alpha value is -1.07. The molecule has 1 fully saturated rings. The third kappa shape index (κ3) is 4.84. The first-order valence-corrected chi connectivity index (χ1v) is 7.66. The van der Waals surface area contributed by atoms with Gasteiger partial charge in [0.25, 0.3) is 0 Å². The van der Waals surface area contributed by atoms with Crippen molar-refractivity contribution in [1.82, 2.24) is 0 Å². The SMILES string of the molecule is O=C(O)c1cc(OCCCCC2CCOCC2)cs1. The predicted molar refractivity (Wildman–Crippen MR) is 74.2 cm³/mol. The maximum Gasteiger partial charge on any atom is 0.346 e. The molecule has 19 heavy (non-hydrogen) atoms. The van der Waals surface area contributed by atoms with Gasteiger partial charge in [-0.2, -0.15) is 0 Å². The van der Waals surface area contributed by atoms with Crippen molar-refractivity contribution in [3.8, 4) is 5.75 Å². The van der Waals surface area contributed by atoms with Gasteiger partial charge in [0.2, 0.25) is 0 Å². The molecule has 0 aromatic carbocycles. The van der Waals surface area contributed by atoms with Crippen LogP contribution in [-0.2, 0) is 4.74 Å². The van der Waals surface area contributed by atoms with Crippen LogP contribution in [0.2, 0.25) is 0 Å². The van der Waals surface area contributed by atoms with Gasteiger partial charge in [0.1, 0.15) is 10.6 Å². The van der Waals surface area contributed by atoms with Crippen molar-refractivity contribution in [2.45, 2.75) is 32.1 Å². The fraction of sp³-hybridized carbons (Fsp3) is 0.643. The number of ether oxygens (including phenoxy) is 2. The largest absolute Gasteiger partial charge is 0.493 e. The number of rotatable bonds is 7. The summed E-state index contributed by atoms with van der Waals surface area (Å²) in [6, 6.07) is 1.59. The zero-order valence-electron chi connectivity index (χ0n) is 11.0. The Bertz CT molecular complexity index is 396. The Morgan fingerprint density at radius 1 is 1.42 bits per heavy atom. The van der Waals surface area contributed by atoms with Gasteiger partial charge in [0, 0.05) is 24.7 Å². The molecule has 1 aromatic rings. The van der Waals surface area contributed by atoms with E-state index in [1.54, 1.807) is 11.4 Å². The summed E-state index contributed by atoms with van der Waals surface area (Å²) >= 11 is 1.21. The molecule has 0 unspecified atom stereocenters. The van der Waals surface area contributed by atoms with Gasteiger partial charge < -0.3 is 14.6 Å². The predicted octanol–water partition coefficient (Wildman–Crippen LogP) is 3.42. The Morgan fingerprint density at radius 2 is 2.21 bits per heavy atom. The summed E-state index contributed by atoms with van der Waals surface area (Å²) in [5.74, 6) is 0.598. The molecule has 2 rings (SSSR count). The lowest BCUT2D eigenvalue weighted by atomic mass is 9.94. The lowest BCUT2D eigenvalue weighted by molar-refractivity contribution is 0.0628. The van der Waals surface area contributed by atoms with Crippen LogP contribution in [0, 0.1) is 5.92 Å². The number of carboxylic acid groups (broad SMARTS) is 1. The number of thiophene rings is 1. The summed E-state index contributed by atoms with van der Waals surface area (Å²) in [4.78, 5) is 11.0. The fourth-order valence-electron chi connectivity index (χ4n) is 2.27. The normalized spacial score (nSPS) is 16.4. The molecular formula is C14H20O4S. The van der Waals surface area contributed by atoms with E-state index in [1.165, 1.54) is 37.0 Å². The molecule has 1 N–H and O–H groups in total. The van der Waals surface area contributed by atoms with Crippen molar-refractivity contribution in [3.05, 3.63) is 16.3 Å². The topological polar surface area (TPSA) is 55.8 Å². The minimum absolute atomic E-state index is 0.331. The highest BCUT2D eigenvalue weighted by Gasteiger charge is 2.13. The number of aromatic carboxylic acids is 1. The second-order valence-corrected chi connectivity index (χ2v) is 5.76. The lowest BCUT2D eigenvalue weighted by Gasteiger charge is -2.21. The van der Waals surface area contributed by atoms with Crippen LogP contribution in [0.3, 0.4) is 0 Å². The van der Waals surface area contributed by atoms with Crippen LogP contribution in [0.4, 0.5) is 0 Å². The van der Waals surface area contributed by atoms with Gasteiger partial charge in [-0.3, -0.25) is 0 Å². The zero-order chi connectivity index (χ0) is 13.5. The molecule has 0 saturated carbocycles. The summed E-state index contributed by atoms with van der Waals surface area (Å²) in [6.07, 6.45) is 5.81. The molecule has 0 spiro atoms. The van der Waals surface area contributed by atoms with Gasteiger partial charge >= 0.3 is 5.97 Å². The van der Waals surface area contributed by atoms with E-state index >= 15 is 0 Å². The molecule has 1 aliphatic rings. The Balaban J connectivity index is 1.57. The first-order chi connectivity index (χ1) is 9.25. The van der Waals surface area contributed by atoms with Gasteiger partial charge in [0.15, 0.2) is 0 Å². The highest BCUT2D eigenvalue weighted by molar-refractivity contribution is 7.12. The molecule has 0 bridgehead atoms.